The van der Waals surface area contributed by atoms with Crippen LogP contribution in [0.1, 0.15) is 23.8 Å². The van der Waals surface area contributed by atoms with E-state index in [4.69, 9.17) is 14.2 Å². The summed E-state index contributed by atoms with van der Waals surface area (Å²) in [5.74, 6) is 2.39. The zero-order chi connectivity index (χ0) is 18.7. The Morgan fingerprint density at radius 2 is 1.93 bits per heavy atom. The molecule has 0 saturated carbocycles. The third-order valence-electron chi connectivity index (χ3n) is 4.75. The van der Waals surface area contributed by atoms with Gasteiger partial charge in [0.25, 0.3) is 0 Å². The van der Waals surface area contributed by atoms with Crippen LogP contribution < -0.4 is 19.5 Å². The molecule has 9 heteroatoms. The Hall–Kier alpha value is -1.82. The number of nitrogens with one attached hydrogen (secondary N) is 1. The van der Waals surface area contributed by atoms with Gasteiger partial charge in [-0.2, -0.15) is 5.26 Å². The van der Waals surface area contributed by atoms with E-state index in [0.717, 1.165) is 18.4 Å². The number of rotatable bonds is 5. The third-order valence-corrected chi connectivity index (χ3v) is 6.02. The number of ether oxygens (including phenoxy) is 3. The maximum absolute atomic E-state index is 12.8. The standard InChI is InChI=1S/C18H23N3O4S.ClH/c1-23-14-7-11(8-15(24-2)16(14)25-3)17-20-13(10-26-17)18(22)21-6-4-5-12(21)9-19;/h7-8,12-13,17,20H,4-6,10H2,1-3H3;1H/t12-,13-,17?;/m0./s1. The number of carbonyl (C=O) groups excluding carboxylic acids is 1. The molecule has 27 heavy (non-hydrogen) atoms. The number of halogens is 1. The Kier molecular flexibility index (Phi) is 7.48. The summed E-state index contributed by atoms with van der Waals surface area (Å²) in [6.07, 6.45) is 1.65. The van der Waals surface area contributed by atoms with Crippen molar-refractivity contribution in [1.82, 2.24) is 10.2 Å². The summed E-state index contributed by atoms with van der Waals surface area (Å²) >= 11 is 1.66. The molecule has 0 bridgehead atoms. The number of thioether (sulfide) groups is 1. The van der Waals surface area contributed by atoms with E-state index in [1.165, 1.54) is 0 Å². The van der Waals surface area contributed by atoms with Crippen LogP contribution in [0.5, 0.6) is 17.2 Å². The van der Waals surface area contributed by atoms with Crippen LogP contribution in [0.2, 0.25) is 0 Å². The van der Waals surface area contributed by atoms with Crippen molar-refractivity contribution in [3.8, 4) is 23.3 Å². The molecule has 1 amide bonds. The molecular formula is C18H24ClN3O4S. The van der Waals surface area contributed by atoms with E-state index in [2.05, 4.69) is 11.4 Å². The molecule has 1 unspecified atom stereocenters. The minimum absolute atomic E-state index is 0. The lowest BCUT2D eigenvalue weighted by Gasteiger charge is -2.23. The Bertz CT molecular complexity index is 702. The highest BCUT2D eigenvalue weighted by molar-refractivity contribution is 7.99. The van der Waals surface area contributed by atoms with Gasteiger partial charge in [-0.1, -0.05) is 0 Å². The maximum Gasteiger partial charge on any atom is 0.241 e. The second-order valence-corrected chi connectivity index (χ2v) is 7.35. The average Bonchev–Trinajstić information content (AvgIpc) is 3.35. The number of methoxy groups -OCH3 is 3. The Morgan fingerprint density at radius 3 is 2.48 bits per heavy atom. The summed E-state index contributed by atoms with van der Waals surface area (Å²) in [6.45, 7) is 0.661. The smallest absolute Gasteiger partial charge is 0.241 e. The van der Waals surface area contributed by atoms with Gasteiger partial charge < -0.3 is 19.1 Å². The summed E-state index contributed by atoms with van der Waals surface area (Å²) in [5, 5.41) is 12.5. The number of nitriles is 1. The number of benzene rings is 1. The van der Waals surface area contributed by atoms with Gasteiger partial charge in [0.05, 0.1) is 38.8 Å². The highest BCUT2D eigenvalue weighted by Crippen LogP contribution is 2.43. The first-order valence-electron chi connectivity index (χ1n) is 8.50. The summed E-state index contributed by atoms with van der Waals surface area (Å²) in [4.78, 5) is 14.5. The molecule has 0 aliphatic carbocycles. The number of amides is 1. The van der Waals surface area contributed by atoms with Crippen LogP contribution in [-0.2, 0) is 4.79 Å². The van der Waals surface area contributed by atoms with E-state index < -0.39 is 0 Å². The van der Waals surface area contributed by atoms with Gasteiger partial charge in [0.2, 0.25) is 11.7 Å². The van der Waals surface area contributed by atoms with E-state index in [1.807, 2.05) is 12.1 Å². The first-order valence-corrected chi connectivity index (χ1v) is 9.55. The first kappa shape index (κ1) is 21.5. The maximum atomic E-state index is 12.8. The van der Waals surface area contributed by atoms with Crippen LogP contribution >= 0.6 is 24.2 Å². The van der Waals surface area contributed by atoms with Crippen molar-refractivity contribution < 1.29 is 19.0 Å². The van der Waals surface area contributed by atoms with E-state index >= 15 is 0 Å². The van der Waals surface area contributed by atoms with Crippen molar-refractivity contribution in [2.75, 3.05) is 33.6 Å². The minimum Gasteiger partial charge on any atom is -0.493 e. The number of likely N-dealkylation sites (tertiary alicyclic amines) is 1. The lowest BCUT2D eigenvalue weighted by atomic mass is 10.1. The van der Waals surface area contributed by atoms with Crippen molar-refractivity contribution in [1.29, 1.82) is 5.26 Å². The summed E-state index contributed by atoms with van der Waals surface area (Å²) in [5.41, 5.74) is 0.957. The van der Waals surface area contributed by atoms with Gasteiger partial charge in [0.1, 0.15) is 6.04 Å². The fourth-order valence-corrected chi connectivity index (χ4v) is 4.64. The Morgan fingerprint density at radius 1 is 1.26 bits per heavy atom. The van der Waals surface area contributed by atoms with Gasteiger partial charge in [-0.25, -0.2) is 0 Å². The Labute approximate surface area is 169 Å². The molecule has 3 rings (SSSR count). The number of carbonyl (C=O) groups is 1. The van der Waals surface area contributed by atoms with Crippen molar-refractivity contribution >= 4 is 30.1 Å². The Balaban J connectivity index is 0.00000261. The molecule has 1 N–H and O–H groups in total. The fourth-order valence-electron chi connectivity index (χ4n) is 3.42. The summed E-state index contributed by atoms with van der Waals surface area (Å²) in [7, 11) is 4.73. The summed E-state index contributed by atoms with van der Waals surface area (Å²) < 4.78 is 16.2. The van der Waals surface area contributed by atoms with Gasteiger partial charge >= 0.3 is 0 Å². The highest BCUT2D eigenvalue weighted by Gasteiger charge is 2.38. The summed E-state index contributed by atoms with van der Waals surface area (Å²) in [6, 6.07) is 5.43. The van der Waals surface area contributed by atoms with Crippen molar-refractivity contribution in [3.63, 3.8) is 0 Å². The predicted octanol–water partition coefficient (Wildman–Crippen LogP) is 2.35. The van der Waals surface area contributed by atoms with Gasteiger partial charge in [-0.3, -0.25) is 10.1 Å². The molecule has 7 nitrogen and oxygen atoms in total. The quantitative estimate of drug-likeness (QED) is 0.793. The van der Waals surface area contributed by atoms with Crippen LogP contribution in [-0.4, -0.2) is 56.5 Å². The molecule has 2 fully saturated rings. The fraction of sp³-hybridized carbons (Fsp3) is 0.556. The number of nitrogens with zero attached hydrogens (tertiary/aromatic N) is 2. The van der Waals surface area contributed by atoms with E-state index in [0.29, 0.717) is 29.5 Å². The normalized spacial score (nSPS) is 24.1. The zero-order valence-corrected chi connectivity index (χ0v) is 17.2. The van der Waals surface area contributed by atoms with E-state index in [9.17, 15) is 10.1 Å². The molecule has 2 saturated heterocycles. The van der Waals surface area contributed by atoms with Crippen LogP contribution in [0.15, 0.2) is 12.1 Å². The largest absolute Gasteiger partial charge is 0.493 e. The van der Waals surface area contributed by atoms with Gasteiger partial charge in [-0.05, 0) is 30.5 Å². The molecule has 2 heterocycles. The number of hydrogen-bond donors (Lipinski definition) is 1. The van der Waals surface area contributed by atoms with Crippen LogP contribution in [0.3, 0.4) is 0 Å². The van der Waals surface area contributed by atoms with Crippen LogP contribution in [0.4, 0.5) is 0 Å². The van der Waals surface area contributed by atoms with E-state index in [1.54, 1.807) is 38.0 Å². The van der Waals surface area contributed by atoms with Gasteiger partial charge in [0.15, 0.2) is 11.5 Å². The first-order chi connectivity index (χ1) is 12.6. The predicted molar refractivity (Wildman–Crippen MR) is 106 cm³/mol. The lowest BCUT2D eigenvalue weighted by Crippen LogP contribution is -2.46. The topological polar surface area (TPSA) is 83.8 Å². The molecule has 3 atom stereocenters. The second-order valence-electron chi connectivity index (χ2n) is 6.21. The minimum atomic E-state index is -0.297. The van der Waals surface area contributed by atoms with Crippen molar-refractivity contribution in [2.24, 2.45) is 0 Å². The second kappa shape index (κ2) is 9.40. The number of hydrogen-bond acceptors (Lipinski definition) is 7. The molecule has 1 aromatic carbocycles. The van der Waals surface area contributed by atoms with Crippen LogP contribution in [0.25, 0.3) is 0 Å². The lowest BCUT2D eigenvalue weighted by molar-refractivity contribution is -0.132. The molecule has 0 aromatic heterocycles. The SMILES string of the molecule is COc1cc(C2N[C@H](C(=O)N3CCC[C@H]3C#N)CS2)cc(OC)c1OC.Cl. The van der Waals surface area contributed by atoms with E-state index in [-0.39, 0.29) is 35.8 Å². The molecule has 1 aromatic rings. The average molecular weight is 414 g/mol. The van der Waals surface area contributed by atoms with Gasteiger partial charge in [0, 0.05) is 12.3 Å². The van der Waals surface area contributed by atoms with Crippen molar-refractivity contribution in [2.45, 2.75) is 30.3 Å². The molecule has 2 aliphatic heterocycles. The highest BCUT2D eigenvalue weighted by atomic mass is 35.5. The molecular weight excluding hydrogens is 390 g/mol. The molecule has 148 valence electrons. The zero-order valence-electron chi connectivity index (χ0n) is 15.6. The van der Waals surface area contributed by atoms with Gasteiger partial charge in [-0.15, -0.1) is 24.2 Å². The van der Waals surface area contributed by atoms with Crippen LogP contribution in [0, 0.1) is 11.3 Å². The molecule has 0 radical (unpaired) electrons. The molecule has 2 aliphatic rings. The monoisotopic (exact) mass is 413 g/mol. The molecule has 0 spiro atoms. The third kappa shape index (κ3) is 4.21. The van der Waals surface area contributed by atoms with Crippen molar-refractivity contribution in [3.05, 3.63) is 17.7 Å².